The van der Waals surface area contributed by atoms with Crippen molar-refractivity contribution < 1.29 is 9.21 Å². The Hall–Kier alpha value is -2.54. The highest BCUT2D eigenvalue weighted by Crippen LogP contribution is 2.17. The van der Waals surface area contributed by atoms with Crippen molar-refractivity contribution in [1.29, 1.82) is 5.26 Å². The van der Waals surface area contributed by atoms with Gasteiger partial charge in [-0.05, 0) is 30.2 Å². The molecule has 0 aliphatic heterocycles. The van der Waals surface area contributed by atoms with Gasteiger partial charge in [0.1, 0.15) is 6.04 Å². The fourth-order valence-electron chi connectivity index (χ4n) is 1.70. The zero-order valence-corrected chi connectivity index (χ0v) is 9.88. The topological polar surface area (TPSA) is 66.0 Å². The minimum absolute atomic E-state index is 0.198. The molecular formula is C14H12N2O2. The van der Waals surface area contributed by atoms with Crippen LogP contribution in [0, 0.1) is 18.3 Å². The third-order valence-corrected chi connectivity index (χ3v) is 2.65. The van der Waals surface area contributed by atoms with E-state index in [1.807, 2.05) is 31.2 Å². The van der Waals surface area contributed by atoms with Crippen LogP contribution >= 0.6 is 0 Å². The lowest BCUT2D eigenvalue weighted by molar-refractivity contribution is 0.0917. The molecule has 18 heavy (non-hydrogen) atoms. The Labute approximate surface area is 105 Å². The summed E-state index contributed by atoms with van der Waals surface area (Å²) in [4.78, 5) is 11.8. The van der Waals surface area contributed by atoms with Crippen molar-refractivity contribution in [2.75, 3.05) is 0 Å². The Bertz CT molecular complexity index is 582. The van der Waals surface area contributed by atoms with Gasteiger partial charge in [-0.25, -0.2) is 0 Å². The van der Waals surface area contributed by atoms with Crippen molar-refractivity contribution in [1.82, 2.24) is 5.32 Å². The van der Waals surface area contributed by atoms with Crippen LogP contribution in [-0.4, -0.2) is 5.91 Å². The molecule has 0 aliphatic rings. The number of carbonyl (C=O) groups excluding carboxylic acids is 1. The Morgan fingerprint density at radius 3 is 2.72 bits per heavy atom. The van der Waals surface area contributed by atoms with Crippen LogP contribution < -0.4 is 5.32 Å². The summed E-state index contributed by atoms with van der Waals surface area (Å²) in [5, 5.41) is 11.8. The third-order valence-electron chi connectivity index (χ3n) is 2.65. The molecule has 0 saturated carbocycles. The molecule has 1 atom stereocenters. The summed E-state index contributed by atoms with van der Waals surface area (Å²) >= 11 is 0. The van der Waals surface area contributed by atoms with Crippen LogP contribution in [0.2, 0.25) is 0 Å². The average Bonchev–Trinajstić information content (AvgIpc) is 2.90. The lowest BCUT2D eigenvalue weighted by Gasteiger charge is -2.13. The number of nitriles is 1. The van der Waals surface area contributed by atoms with E-state index in [9.17, 15) is 4.79 Å². The van der Waals surface area contributed by atoms with Gasteiger partial charge >= 0.3 is 0 Å². The van der Waals surface area contributed by atoms with Crippen molar-refractivity contribution in [3.8, 4) is 6.07 Å². The van der Waals surface area contributed by atoms with Crippen molar-refractivity contribution in [2.45, 2.75) is 13.0 Å². The van der Waals surface area contributed by atoms with Crippen molar-refractivity contribution in [3.63, 3.8) is 0 Å². The van der Waals surface area contributed by atoms with E-state index in [4.69, 9.17) is 9.68 Å². The quantitative estimate of drug-likeness (QED) is 0.896. The van der Waals surface area contributed by atoms with Gasteiger partial charge in [-0.1, -0.05) is 24.3 Å². The first-order valence-corrected chi connectivity index (χ1v) is 5.52. The number of nitrogens with zero attached hydrogens (tertiary/aromatic N) is 1. The molecule has 1 aromatic carbocycles. The van der Waals surface area contributed by atoms with Gasteiger partial charge in [0, 0.05) is 0 Å². The highest BCUT2D eigenvalue weighted by atomic mass is 16.3. The molecule has 0 spiro atoms. The highest BCUT2D eigenvalue weighted by molar-refractivity contribution is 5.91. The first-order valence-electron chi connectivity index (χ1n) is 5.52. The lowest BCUT2D eigenvalue weighted by atomic mass is 10.0. The summed E-state index contributed by atoms with van der Waals surface area (Å²) in [6.45, 7) is 1.90. The number of amides is 1. The van der Waals surface area contributed by atoms with Gasteiger partial charge in [0.2, 0.25) is 0 Å². The smallest absolute Gasteiger partial charge is 0.288 e. The maximum atomic E-state index is 11.8. The van der Waals surface area contributed by atoms with Crippen molar-refractivity contribution in [3.05, 3.63) is 59.5 Å². The summed E-state index contributed by atoms with van der Waals surface area (Å²) in [5.74, 6) is -0.196. The Morgan fingerprint density at radius 1 is 1.33 bits per heavy atom. The molecule has 0 radical (unpaired) electrons. The van der Waals surface area contributed by atoms with Crippen molar-refractivity contribution in [2.24, 2.45) is 0 Å². The molecule has 1 aromatic heterocycles. The van der Waals surface area contributed by atoms with E-state index in [1.54, 1.807) is 12.1 Å². The van der Waals surface area contributed by atoms with E-state index >= 15 is 0 Å². The maximum Gasteiger partial charge on any atom is 0.288 e. The predicted molar refractivity (Wildman–Crippen MR) is 65.7 cm³/mol. The number of rotatable bonds is 3. The minimum atomic E-state index is -0.677. The van der Waals surface area contributed by atoms with Crippen LogP contribution in [0.4, 0.5) is 0 Å². The number of benzene rings is 1. The standard InChI is InChI=1S/C14H12N2O2/c1-10-5-2-3-6-11(10)12(9-15)16-14(17)13-7-4-8-18-13/h2-8,12H,1H3,(H,16,17). The molecule has 1 N–H and O–H groups in total. The number of hydrogen-bond acceptors (Lipinski definition) is 3. The summed E-state index contributed by atoms with van der Waals surface area (Å²) in [6.07, 6.45) is 1.42. The van der Waals surface area contributed by atoms with Gasteiger partial charge in [-0.2, -0.15) is 5.26 Å². The molecule has 2 aromatic rings. The average molecular weight is 240 g/mol. The third kappa shape index (κ3) is 2.41. The van der Waals surface area contributed by atoms with Gasteiger partial charge in [0.05, 0.1) is 12.3 Å². The van der Waals surface area contributed by atoms with Gasteiger partial charge < -0.3 is 9.73 Å². The molecule has 0 bridgehead atoms. The zero-order valence-electron chi connectivity index (χ0n) is 9.88. The Morgan fingerprint density at radius 2 is 2.11 bits per heavy atom. The number of carbonyl (C=O) groups is 1. The van der Waals surface area contributed by atoms with E-state index in [2.05, 4.69) is 11.4 Å². The van der Waals surface area contributed by atoms with Crippen LogP contribution in [0.1, 0.15) is 27.7 Å². The predicted octanol–water partition coefficient (Wildman–Crippen LogP) is 2.58. The molecule has 0 fully saturated rings. The normalized spacial score (nSPS) is 11.6. The summed E-state index contributed by atoms with van der Waals surface area (Å²) in [6, 6.07) is 12.0. The van der Waals surface area contributed by atoms with Crippen LogP contribution in [0.15, 0.2) is 47.1 Å². The van der Waals surface area contributed by atoms with E-state index in [1.165, 1.54) is 6.26 Å². The van der Waals surface area contributed by atoms with Crippen molar-refractivity contribution >= 4 is 5.91 Å². The highest BCUT2D eigenvalue weighted by Gasteiger charge is 2.17. The molecule has 4 nitrogen and oxygen atoms in total. The molecule has 90 valence electrons. The second-order valence-electron chi connectivity index (χ2n) is 3.87. The number of aryl methyl sites for hydroxylation is 1. The second-order valence-corrected chi connectivity index (χ2v) is 3.87. The number of nitrogens with one attached hydrogen (secondary N) is 1. The largest absolute Gasteiger partial charge is 0.459 e. The van der Waals surface area contributed by atoms with Gasteiger partial charge in [-0.3, -0.25) is 4.79 Å². The molecule has 1 amide bonds. The maximum absolute atomic E-state index is 11.8. The molecular weight excluding hydrogens is 228 g/mol. The SMILES string of the molecule is Cc1ccccc1C(C#N)NC(=O)c1ccco1. The second kappa shape index (κ2) is 5.19. The monoisotopic (exact) mass is 240 g/mol. The van der Waals surface area contributed by atoms with E-state index < -0.39 is 11.9 Å². The van der Waals surface area contributed by atoms with Crippen LogP contribution in [-0.2, 0) is 0 Å². The summed E-state index contributed by atoms with van der Waals surface area (Å²) in [7, 11) is 0. The summed E-state index contributed by atoms with van der Waals surface area (Å²) < 4.78 is 4.99. The molecule has 2 rings (SSSR count). The first kappa shape index (κ1) is 11.9. The molecule has 1 heterocycles. The molecule has 1 unspecified atom stereocenters. The number of hydrogen-bond donors (Lipinski definition) is 1. The van der Waals surface area contributed by atoms with E-state index in [0.717, 1.165) is 11.1 Å². The molecule has 4 heteroatoms. The first-order chi connectivity index (χ1) is 8.72. The minimum Gasteiger partial charge on any atom is -0.459 e. The van der Waals surface area contributed by atoms with Gasteiger partial charge in [-0.15, -0.1) is 0 Å². The fraction of sp³-hybridized carbons (Fsp3) is 0.143. The van der Waals surface area contributed by atoms with Crippen LogP contribution in [0.3, 0.4) is 0 Å². The zero-order chi connectivity index (χ0) is 13.0. The number of furan rings is 1. The lowest BCUT2D eigenvalue weighted by Crippen LogP contribution is -2.27. The van der Waals surface area contributed by atoms with Gasteiger partial charge in [0.15, 0.2) is 5.76 Å². The Kier molecular flexibility index (Phi) is 3.44. The van der Waals surface area contributed by atoms with Crippen LogP contribution in [0.5, 0.6) is 0 Å². The van der Waals surface area contributed by atoms with E-state index in [0.29, 0.717) is 0 Å². The Balaban J connectivity index is 2.19. The van der Waals surface area contributed by atoms with E-state index in [-0.39, 0.29) is 5.76 Å². The fourth-order valence-corrected chi connectivity index (χ4v) is 1.70. The molecule has 0 aliphatic carbocycles. The van der Waals surface area contributed by atoms with Gasteiger partial charge in [0.25, 0.3) is 5.91 Å². The summed E-state index contributed by atoms with van der Waals surface area (Å²) in [5.41, 5.74) is 1.75. The molecule has 0 saturated heterocycles. The van der Waals surface area contributed by atoms with Crippen LogP contribution in [0.25, 0.3) is 0 Å².